The monoisotopic (exact) mass is 446 g/mol. The van der Waals surface area contributed by atoms with E-state index in [0.29, 0.717) is 6.42 Å². The molecule has 0 atom stereocenters. The van der Waals surface area contributed by atoms with Gasteiger partial charge in [0.2, 0.25) is 0 Å². The van der Waals surface area contributed by atoms with Gasteiger partial charge in [-0.15, -0.1) is 0 Å². The lowest BCUT2D eigenvalue weighted by Gasteiger charge is -2.17. The molecule has 0 aliphatic heterocycles. The smallest absolute Gasteiger partial charge is 0.329 e. The van der Waals surface area contributed by atoms with Gasteiger partial charge in [-0.05, 0) is 43.0 Å². The maximum atomic E-state index is 13.3. The maximum Gasteiger partial charge on any atom is 0.329 e. The third kappa shape index (κ3) is 3.28. The summed E-state index contributed by atoms with van der Waals surface area (Å²) in [5.41, 5.74) is 7.49. The number of aromatic amines is 1. The zero-order valence-corrected chi connectivity index (χ0v) is 19.4. The van der Waals surface area contributed by atoms with E-state index in [9.17, 15) is 9.90 Å². The zero-order valence-electron chi connectivity index (χ0n) is 19.4. The number of aromatic nitrogens is 4. The number of nitrogens with zero attached hydrogens (tertiary/aromatic N) is 5. The van der Waals surface area contributed by atoms with E-state index < -0.39 is 0 Å². The number of hydrazone groups is 1. The number of pyridine rings is 1. The van der Waals surface area contributed by atoms with Crippen molar-refractivity contribution in [2.24, 2.45) is 12.1 Å². The molecule has 0 amide bonds. The lowest BCUT2D eigenvalue weighted by Crippen LogP contribution is -2.24. The van der Waals surface area contributed by atoms with Crippen LogP contribution in [0.5, 0.6) is 0 Å². The molecular weight excluding hydrogens is 416 g/mol. The number of aliphatic hydroxyl groups excluding tert-OH is 1. The topological polar surface area (TPSA) is 91.4 Å². The number of aliphatic hydroxyl groups is 1. The maximum absolute atomic E-state index is 13.3. The van der Waals surface area contributed by atoms with Gasteiger partial charge in [-0.2, -0.15) is 5.10 Å². The number of benzene rings is 1. The standard InChI is InChI=1S/C25H30N6O2/c1-15-13-16(9-10-19(15)30(4)26-2)21-18(11-12-32)28-24-22(21)23-20(14-27-24)29(3)25(33)31(23)17-7-5-6-8-17/h9-10,13-14,17,32H,2,5-8,11-12H2,1,3-4H3,(H,27,28). The van der Waals surface area contributed by atoms with Crippen LogP contribution in [-0.2, 0) is 13.5 Å². The molecule has 8 heteroatoms. The van der Waals surface area contributed by atoms with Crippen LogP contribution in [0.4, 0.5) is 5.69 Å². The molecule has 0 bridgehead atoms. The molecule has 3 heterocycles. The fourth-order valence-corrected chi connectivity index (χ4v) is 5.40. The molecule has 4 aromatic rings. The summed E-state index contributed by atoms with van der Waals surface area (Å²) >= 11 is 0. The van der Waals surface area contributed by atoms with Gasteiger partial charge in [0.15, 0.2) is 0 Å². The first kappa shape index (κ1) is 21.5. The summed E-state index contributed by atoms with van der Waals surface area (Å²) in [6.07, 6.45) is 6.57. The lowest BCUT2D eigenvalue weighted by atomic mass is 9.98. The van der Waals surface area contributed by atoms with Gasteiger partial charge in [-0.1, -0.05) is 18.9 Å². The number of anilines is 1. The predicted molar refractivity (Wildman–Crippen MR) is 133 cm³/mol. The Morgan fingerprint density at radius 3 is 2.76 bits per heavy atom. The number of hydrogen-bond donors (Lipinski definition) is 2. The van der Waals surface area contributed by atoms with E-state index in [4.69, 9.17) is 0 Å². The van der Waals surface area contributed by atoms with Crippen molar-refractivity contribution in [2.45, 2.75) is 45.1 Å². The Morgan fingerprint density at radius 1 is 1.33 bits per heavy atom. The van der Waals surface area contributed by atoms with Gasteiger partial charge < -0.3 is 10.1 Å². The van der Waals surface area contributed by atoms with Crippen molar-refractivity contribution in [3.63, 3.8) is 0 Å². The predicted octanol–water partition coefficient (Wildman–Crippen LogP) is 3.89. The van der Waals surface area contributed by atoms with Crippen molar-refractivity contribution in [3.05, 3.63) is 46.1 Å². The van der Waals surface area contributed by atoms with Gasteiger partial charge in [0, 0.05) is 51.1 Å². The molecule has 3 aromatic heterocycles. The van der Waals surface area contributed by atoms with Gasteiger partial charge in [0.25, 0.3) is 0 Å². The minimum atomic E-state index is 0.00673. The van der Waals surface area contributed by atoms with Crippen LogP contribution in [0.15, 0.2) is 34.3 Å². The normalized spacial score (nSPS) is 14.5. The molecule has 1 aromatic carbocycles. The van der Waals surface area contributed by atoms with Crippen molar-refractivity contribution >= 4 is 34.5 Å². The van der Waals surface area contributed by atoms with Crippen LogP contribution in [0.3, 0.4) is 0 Å². The Bertz CT molecular complexity index is 1420. The van der Waals surface area contributed by atoms with E-state index in [2.05, 4.69) is 33.9 Å². The van der Waals surface area contributed by atoms with E-state index in [1.165, 1.54) is 0 Å². The van der Waals surface area contributed by atoms with Gasteiger partial charge in [0.1, 0.15) is 5.65 Å². The highest BCUT2D eigenvalue weighted by atomic mass is 16.3. The van der Waals surface area contributed by atoms with Crippen LogP contribution in [0.25, 0.3) is 33.2 Å². The van der Waals surface area contributed by atoms with Crippen LogP contribution in [0, 0.1) is 6.92 Å². The molecule has 5 rings (SSSR count). The van der Waals surface area contributed by atoms with Gasteiger partial charge in [-0.25, -0.2) is 9.78 Å². The van der Waals surface area contributed by atoms with E-state index >= 15 is 0 Å². The molecule has 2 N–H and O–H groups in total. The number of fused-ring (bicyclic) bond motifs is 3. The van der Waals surface area contributed by atoms with Crippen LogP contribution >= 0.6 is 0 Å². The number of rotatable bonds is 6. The molecule has 0 spiro atoms. The summed E-state index contributed by atoms with van der Waals surface area (Å²) in [4.78, 5) is 21.4. The molecule has 1 saturated carbocycles. The number of imidazole rings is 1. The van der Waals surface area contributed by atoms with E-state index in [1.54, 1.807) is 15.8 Å². The van der Waals surface area contributed by atoms with Crippen LogP contribution in [0.1, 0.15) is 43.0 Å². The second kappa shape index (κ2) is 8.19. The highest BCUT2D eigenvalue weighted by Crippen LogP contribution is 2.40. The SMILES string of the molecule is C=NN(C)c1ccc(-c2c(CCO)[nH]c3ncc4c(c23)n(C2CCCC2)c(=O)n4C)cc1C. The van der Waals surface area contributed by atoms with Crippen LogP contribution < -0.4 is 10.7 Å². The minimum absolute atomic E-state index is 0.00673. The number of hydrogen-bond acceptors (Lipinski definition) is 5. The summed E-state index contributed by atoms with van der Waals surface area (Å²) < 4.78 is 3.70. The first-order valence-electron chi connectivity index (χ1n) is 11.5. The van der Waals surface area contributed by atoms with Crippen LogP contribution in [-0.4, -0.2) is 44.6 Å². The second-order valence-corrected chi connectivity index (χ2v) is 8.98. The summed E-state index contributed by atoms with van der Waals surface area (Å²) in [5.74, 6) is 0. The molecule has 33 heavy (non-hydrogen) atoms. The quantitative estimate of drug-likeness (QED) is 0.347. The second-order valence-electron chi connectivity index (χ2n) is 8.98. The largest absolute Gasteiger partial charge is 0.396 e. The van der Waals surface area contributed by atoms with Gasteiger partial charge in [-0.3, -0.25) is 14.1 Å². The lowest BCUT2D eigenvalue weighted by molar-refractivity contribution is 0.298. The van der Waals surface area contributed by atoms with Crippen molar-refractivity contribution < 1.29 is 5.11 Å². The fourth-order valence-electron chi connectivity index (χ4n) is 5.40. The highest BCUT2D eigenvalue weighted by Gasteiger charge is 2.27. The average Bonchev–Trinajstić information content (AvgIpc) is 3.51. The summed E-state index contributed by atoms with van der Waals surface area (Å²) in [6, 6.07) is 6.42. The molecular formula is C25H30N6O2. The number of H-pyrrole nitrogens is 1. The first-order valence-corrected chi connectivity index (χ1v) is 11.5. The minimum Gasteiger partial charge on any atom is -0.396 e. The van der Waals surface area contributed by atoms with Crippen molar-refractivity contribution in [3.8, 4) is 11.1 Å². The first-order chi connectivity index (χ1) is 16.0. The zero-order chi connectivity index (χ0) is 23.3. The van der Waals surface area contributed by atoms with Gasteiger partial charge >= 0.3 is 5.69 Å². The van der Waals surface area contributed by atoms with Crippen LogP contribution in [0.2, 0.25) is 0 Å². The summed E-state index contributed by atoms with van der Waals surface area (Å²) in [5, 5.41) is 16.5. The summed E-state index contributed by atoms with van der Waals surface area (Å²) in [7, 11) is 3.69. The van der Waals surface area contributed by atoms with E-state index in [1.807, 2.05) is 31.7 Å². The fraction of sp³-hybridized carbons (Fsp3) is 0.400. The third-order valence-corrected chi connectivity index (χ3v) is 7.05. The number of aryl methyl sites for hydroxylation is 2. The Hall–Kier alpha value is -3.39. The molecule has 1 aliphatic rings. The summed E-state index contributed by atoms with van der Waals surface area (Å²) in [6.45, 7) is 5.69. The Kier molecular flexibility index (Phi) is 5.32. The Morgan fingerprint density at radius 2 is 2.09 bits per heavy atom. The molecule has 1 fully saturated rings. The Labute approximate surface area is 192 Å². The third-order valence-electron chi connectivity index (χ3n) is 7.05. The molecule has 172 valence electrons. The molecule has 8 nitrogen and oxygen atoms in total. The number of nitrogens with one attached hydrogen (secondary N) is 1. The average molecular weight is 447 g/mol. The van der Waals surface area contributed by atoms with Crippen molar-refractivity contribution in [1.82, 2.24) is 19.1 Å². The van der Waals surface area contributed by atoms with Crippen molar-refractivity contribution in [1.29, 1.82) is 0 Å². The molecule has 0 saturated heterocycles. The van der Waals surface area contributed by atoms with E-state index in [0.717, 1.165) is 75.8 Å². The van der Waals surface area contributed by atoms with Gasteiger partial charge in [0.05, 0.1) is 28.3 Å². The van der Waals surface area contributed by atoms with E-state index in [-0.39, 0.29) is 18.3 Å². The van der Waals surface area contributed by atoms with Crippen molar-refractivity contribution in [2.75, 3.05) is 18.7 Å². The molecule has 0 unspecified atom stereocenters. The Balaban J connectivity index is 1.86. The molecule has 0 radical (unpaired) electrons. The highest BCUT2D eigenvalue weighted by molar-refractivity contribution is 6.11. The molecule has 1 aliphatic carbocycles.